The fraction of sp³-hybridized carbons (Fsp3) is 1.00. The molecule has 2 heteroatoms. The summed E-state index contributed by atoms with van der Waals surface area (Å²) in [5, 5.41) is 13.4. The zero-order chi connectivity index (χ0) is 10.1. The van der Waals surface area contributed by atoms with Crippen LogP contribution >= 0.6 is 0 Å². The monoisotopic (exact) mass is 185 g/mol. The van der Waals surface area contributed by atoms with Gasteiger partial charge in [-0.05, 0) is 46.5 Å². The predicted molar refractivity (Wildman–Crippen MR) is 55.8 cm³/mol. The Balaban J connectivity index is 2.74. The minimum absolute atomic E-state index is 0.111. The molecule has 0 amide bonds. The van der Waals surface area contributed by atoms with Crippen molar-refractivity contribution in [2.45, 2.75) is 70.6 Å². The van der Waals surface area contributed by atoms with E-state index in [9.17, 15) is 5.11 Å². The average Bonchev–Trinajstić information content (AvgIpc) is 2.09. The molecule has 0 radical (unpaired) electrons. The van der Waals surface area contributed by atoms with E-state index in [1.165, 1.54) is 0 Å². The topological polar surface area (TPSA) is 32.3 Å². The van der Waals surface area contributed by atoms with Crippen LogP contribution in [-0.2, 0) is 0 Å². The van der Waals surface area contributed by atoms with Gasteiger partial charge in [-0.3, -0.25) is 0 Å². The third kappa shape index (κ3) is 2.96. The summed E-state index contributed by atoms with van der Waals surface area (Å²) in [6, 6.07) is 0. The Bertz CT molecular complexity index is 179. The van der Waals surface area contributed by atoms with Crippen LogP contribution in [0.15, 0.2) is 0 Å². The molecule has 1 rings (SSSR count). The molecule has 2 atom stereocenters. The van der Waals surface area contributed by atoms with Gasteiger partial charge in [0.05, 0.1) is 6.10 Å². The van der Waals surface area contributed by atoms with Gasteiger partial charge in [-0.2, -0.15) is 0 Å². The van der Waals surface area contributed by atoms with E-state index in [2.05, 4.69) is 33.0 Å². The molecule has 1 heterocycles. The lowest BCUT2D eigenvalue weighted by atomic mass is 9.91. The number of hydrogen-bond acceptors (Lipinski definition) is 2. The highest BCUT2D eigenvalue weighted by Crippen LogP contribution is 2.29. The second-order valence-corrected chi connectivity index (χ2v) is 5.32. The molecule has 2 nitrogen and oxygen atoms in total. The van der Waals surface area contributed by atoms with Gasteiger partial charge < -0.3 is 10.4 Å². The summed E-state index contributed by atoms with van der Waals surface area (Å²) in [5.74, 6) is 0. The lowest BCUT2D eigenvalue weighted by Crippen LogP contribution is -2.52. The van der Waals surface area contributed by atoms with Crippen LogP contribution in [0.2, 0.25) is 0 Å². The van der Waals surface area contributed by atoms with Crippen LogP contribution in [0.4, 0.5) is 0 Å². The van der Waals surface area contributed by atoms with Gasteiger partial charge in [0.15, 0.2) is 0 Å². The maximum atomic E-state index is 9.75. The zero-order valence-corrected chi connectivity index (χ0v) is 9.35. The molecule has 1 fully saturated rings. The van der Waals surface area contributed by atoms with Gasteiger partial charge in [0.2, 0.25) is 0 Å². The van der Waals surface area contributed by atoms with Crippen molar-refractivity contribution in [1.82, 2.24) is 5.32 Å². The van der Waals surface area contributed by atoms with Gasteiger partial charge in [0, 0.05) is 11.1 Å². The first kappa shape index (κ1) is 11.0. The first-order chi connectivity index (χ1) is 5.87. The molecular formula is C11H23NO. The maximum absolute atomic E-state index is 9.75. The minimum Gasteiger partial charge on any atom is -0.393 e. The van der Waals surface area contributed by atoms with Crippen LogP contribution in [0.25, 0.3) is 0 Å². The van der Waals surface area contributed by atoms with Gasteiger partial charge in [-0.15, -0.1) is 0 Å². The lowest BCUT2D eigenvalue weighted by Gasteiger charge is -2.36. The molecule has 1 aliphatic rings. The van der Waals surface area contributed by atoms with Crippen LogP contribution in [0.5, 0.6) is 0 Å². The van der Waals surface area contributed by atoms with Gasteiger partial charge in [0.25, 0.3) is 0 Å². The number of hydrogen-bond donors (Lipinski definition) is 2. The molecule has 2 N–H and O–H groups in total. The molecule has 1 saturated heterocycles. The Kier molecular flexibility index (Phi) is 3.03. The van der Waals surface area contributed by atoms with Crippen LogP contribution in [0.1, 0.15) is 53.4 Å². The molecule has 0 saturated carbocycles. The molecule has 0 bridgehead atoms. The maximum Gasteiger partial charge on any atom is 0.0558 e. The van der Waals surface area contributed by atoms with Crippen LogP contribution < -0.4 is 5.32 Å². The third-order valence-corrected chi connectivity index (χ3v) is 3.21. The molecule has 0 spiro atoms. The van der Waals surface area contributed by atoms with Crippen molar-refractivity contribution in [1.29, 1.82) is 0 Å². The number of aliphatic hydroxyl groups is 1. The van der Waals surface area contributed by atoms with Crippen molar-refractivity contribution in [3.05, 3.63) is 0 Å². The van der Waals surface area contributed by atoms with Crippen molar-refractivity contribution < 1.29 is 5.11 Å². The fourth-order valence-corrected chi connectivity index (χ4v) is 2.31. The normalized spacial score (nSPS) is 39.9. The first-order valence-electron chi connectivity index (χ1n) is 5.34. The van der Waals surface area contributed by atoms with E-state index in [0.29, 0.717) is 0 Å². The van der Waals surface area contributed by atoms with Gasteiger partial charge in [-0.1, -0.05) is 6.92 Å². The molecular weight excluding hydrogens is 162 g/mol. The molecule has 2 unspecified atom stereocenters. The van der Waals surface area contributed by atoms with Crippen LogP contribution in [-0.4, -0.2) is 22.3 Å². The van der Waals surface area contributed by atoms with Gasteiger partial charge in [-0.25, -0.2) is 0 Å². The largest absolute Gasteiger partial charge is 0.393 e. The lowest BCUT2D eigenvalue weighted by molar-refractivity contribution is 0.128. The summed E-state index contributed by atoms with van der Waals surface area (Å²) in [4.78, 5) is 0. The molecule has 13 heavy (non-hydrogen) atoms. The van der Waals surface area contributed by atoms with E-state index in [-0.39, 0.29) is 17.2 Å². The first-order valence-corrected chi connectivity index (χ1v) is 5.34. The van der Waals surface area contributed by atoms with Gasteiger partial charge in [0.1, 0.15) is 0 Å². The number of nitrogens with one attached hydrogen (secondary N) is 1. The second-order valence-electron chi connectivity index (χ2n) is 5.32. The quantitative estimate of drug-likeness (QED) is 0.655. The van der Waals surface area contributed by atoms with Crippen LogP contribution in [0.3, 0.4) is 0 Å². The summed E-state index contributed by atoms with van der Waals surface area (Å²) in [6.45, 7) is 8.84. The summed E-state index contributed by atoms with van der Waals surface area (Å²) in [5.41, 5.74) is 0.279. The highest BCUT2D eigenvalue weighted by molar-refractivity contribution is 4.95. The van der Waals surface area contributed by atoms with Gasteiger partial charge >= 0.3 is 0 Å². The number of rotatable bonds is 1. The smallest absolute Gasteiger partial charge is 0.0558 e. The van der Waals surface area contributed by atoms with Crippen molar-refractivity contribution in [3.8, 4) is 0 Å². The molecule has 0 aromatic rings. The molecule has 78 valence electrons. The van der Waals surface area contributed by atoms with Crippen molar-refractivity contribution in [2.24, 2.45) is 0 Å². The van der Waals surface area contributed by atoms with Crippen molar-refractivity contribution in [2.75, 3.05) is 0 Å². The van der Waals surface area contributed by atoms with Crippen molar-refractivity contribution in [3.63, 3.8) is 0 Å². The summed E-state index contributed by atoms with van der Waals surface area (Å²) < 4.78 is 0. The molecule has 0 aliphatic carbocycles. The van der Waals surface area contributed by atoms with E-state index >= 15 is 0 Å². The Morgan fingerprint density at radius 2 is 2.00 bits per heavy atom. The van der Waals surface area contributed by atoms with E-state index in [1.807, 2.05) is 0 Å². The highest BCUT2D eigenvalue weighted by atomic mass is 16.3. The summed E-state index contributed by atoms with van der Waals surface area (Å²) in [6.07, 6.45) is 3.82. The van der Waals surface area contributed by atoms with E-state index in [1.54, 1.807) is 0 Å². The predicted octanol–water partition coefficient (Wildman–Crippen LogP) is 2.07. The minimum atomic E-state index is -0.126. The molecule has 0 aromatic carbocycles. The third-order valence-electron chi connectivity index (χ3n) is 3.21. The summed E-state index contributed by atoms with van der Waals surface area (Å²) in [7, 11) is 0. The Labute approximate surface area is 81.7 Å². The van der Waals surface area contributed by atoms with E-state index < -0.39 is 0 Å². The van der Waals surface area contributed by atoms with E-state index in [4.69, 9.17) is 0 Å². The fourth-order valence-electron chi connectivity index (χ4n) is 2.31. The van der Waals surface area contributed by atoms with Crippen LogP contribution in [0, 0.1) is 0 Å². The Morgan fingerprint density at radius 1 is 1.38 bits per heavy atom. The summed E-state index contributed by atoms with van der Waals surface area (Å²) >= 11 is 0. The van der Waals surface area contributed by atoms with Crippen molar-refractivity contribution >= 4 is 0 Å². The number of aliphatic hydroxyl groups excluding tert-OH is 1. The van der Waals surface area contributed by atoms with E-state index in [0.717, 1.165) is 25.7 Å². The Hall–Kier alpha value is -0.0800. The Morgan fingerprint density at radius 3 is 2.54 bits per heavy atom. The zero-order valence-electron chi connectivity index (χ0n) is 9.35. The average molecular weight is 185 g/mol. The second kappa shape index (κ2) is 3.58. The standard InChI is InChI=1S/C11H23NO/c1-5-11(4)8-9(13)6-7-10(2,3)12-11/h9,12-13H,5-8H2,1-4H3. The highest BCUT2D eigenvalue weighted by Gasteiger charge is 2.35. The molecule has 1 aliphatic heterocycles. The molecule has 0 aromatic heterocycles. The SMILES string of the molecule is CCC1(C)CC(O)CCC(C)(C)N1.